The lowest BCUT2D eigenvalue weighted by atomic mass is 10.4. The van der Waals surface area contributed by atoms with E-state index in [4.69, 9.17) is 5.73 Å². The number of halogens is 1. The number of thiophene rings is 2. The van der Waals surface area contributed by atoms with Crippen LogP contribution in [0.1, 0.15) is 14.6 Å². The standard InChI is InChI=1S/C12H15BrN2O2S3/c1-8-12(4-10(5-14)19-8)20(16,17)15(2)6-11-3-9(13)7-18-11/h3-4,7H,5-6,14H2,1-2H3. The van der Waals surface area contributed by atoms with E-state index in [0.29, 0.717) is 18.0 Å². The summed E-state index contributed by atoms with van der Waals surface area (Å²) < 4.78 is 27.5. The van der Waals surface area contributed by atoms with E-state index in [1.54, 1.807) is 13.1 Å². The van der Waals surface area contributed by atoms with Gasteiger partial charge in [0.15, 0.2) is 0 Å². The van der Waals surface area contributed by atoms with Gasteiger partial charge in [-0.25, -0.2) is 8.42 Å². The van der Waals surface area contributed by atoms with Crippen LogP contribution >= 0.6 is 38.6 Å². The molecule has 20 heavy (non-hydrogen) atoms. The second kappa shape index (κ2) is 6.25. The Labute approximate surface area is 135 Å². The zero-order chi connectivity index (χ0) is 14.9. The molecule has 0 saturated carbocycles. The third-order valence-electron chi connectivity index (χ3n) is 2.81. The fourth-order valence-electron chi connectivity index (χ4n) is 1.79. The van der Waals surface area contributed by atoms with E-state index in [2.05, 4.69) is 15.9 Å². The number of aryl methyl sites for hydroxylation is 1. The van der Waals surface area contributed by atoms with Gasteiger partial charge in [-0.1, -0.05) is 0 Å². The maximum Gasteiger partial charge on any atom is 0.244 e. The lowest BCUT2D eigenvalue weighted by Crippen LogP contribution is -2.26. The second-order valence-corrected chi connectivity index (χ2v) is 9.60. The largest absolute Gasteiger partial charge is 0.326 e. The Hall–Kier alpha value is -0.250. The van der Waals surface area contributed by atoms with Gasteiger partial charge >= 0.3 is 0 Å². The fraction of sp³-hybridized carbons (Fsp3) is 0.333. The van der Waals surface area contributed by atoms with Gasteiger partial charge in [0.1, 0.15) is 0 Å². The molecule has 0 aliphatic carbocycles. The van der Waals surface area contributed by atoms with E-state index >= 15 is 0 Å². The highest BCUT2D eigenvalue weighted by atomic mass is 79.9. The van der Waals surface area contributed by atoms with Crippen LogP contribution in [0.25, 0.3) is 0 Å². The molecular weight excluding hydrogens is 380 g/mol. The molecule has 0 aliphatic heterocycles. The van der Waals surface area contributed by atoms with Crippen molar-refractivity contribution in [3.8, 4) is 0 Å². The molecule has 0 amide bonds. The van der Waals surface area contributed by atoms with Crippen molar-refractivity contribution in [1.29, 1.82) is 0 Å². The van der Waals surface area contributed by atoms with Crippen LogP contribution < -0.4 is 5.73 Å². The molecule has 2 aromatic heterocycles. The summed E-state index contributed by atoms with van der Waals surface area (Å²) in [7, 11) is -1.87. The summed E-state index contributed by atoms with van der Waals surface area (Å²) in [5.41, 5.74) is 5.58. The maximum absolute atomic E-state index is 12.6. The van der Waals surface area contributed by atoms with Crippen LogP contribution in [0.2, 0.25) is 0 Å². The van der Waals surface area contributed by atoms with E-state index in [1.807, 2.05) is 18.4 Å². The molecule has 0 atom stereocenters. The predicted molar refractivity (Wildman–Crippen MR) is 87.6 cm³/mol. The molecule has 2 aromatic rings. The van der Waals surface area contributed by atoms with Crippen molar-refractivity contribution in [2.24, 2.45) is 5.73 Å². The zero-order valence-electron chi connectivity index (χ0n) is 11.1. The van der Waals surface area contributed by atoms with E-state index in [0.717, 1.165) is 19.1 Å². The molecule has 110 valence electrons. The van der Waals surface area contributed by atoms with Gasteiger partial charge in [-0.3, -0.25) is 0 Å². The minimum atomic E-state index is -3.47. The van der Waals surface area contributed by atoms with Crippen LogP contribution in [0.3, 0.4) is 0 Å². The normalized spacial score (nSPS) is 12.2. The lowest BCUT2D eigenvalue weighted by molar-refractivity contribution is 0.469. The minimum Gasteiger partial charge on any atom is -0.326 e. The fourth-order valence-corrected chi connectivity index (χ4v) is 6.00. The molecule has 0 bridgehead atoms. The van der Waals surface area contributed by atoms with E-state index in [1.165, 1.54) is 27.0 Å². The number of hydrogen-bond donors (Lipinski definition) is 1. The zero-order valence-corrected chi connectivity index (χ0v) is 15.1. The summed E-state index contributed by atoms with van der Waals surface area (Å²) in [5, 5.41) is 1.94. The van der Waals surface area contributed by atoms with Crippen molar-refractivity contribution in [2.45, 2.75) is 24.9 Å². The summed E-state index contributed by atoms with van der Waals surface area (Å²) >= 11 is 6.34. The van der Waals surface area contributed by atoms with Gasteiger partial charge in [0, 0.05) is 44.6 Å². The molecule has 4 nitrogen and oxygen atoms in total. The average Bonchev–Trinajstić information content (AvgIpc) is 2.95. The molecule has 0 spiro atoms. The Balaban J connectivity index is 2.26. The first-order valence-electron chi connectivity index (χ1n) is 5.83. The van der Waals surface area contributed by atoms with Crippen LogP contribution in [-0.2, 0) is 23.1 Å². The highest BCUT2D eigenvalue weighted by Gasteiger charge is 2.25. The summed E-state index contributed by atoms with van der Waals surface area (Å²) in [5.74, 6) is 0. The van der Waals surface area contributed by atoms with Gasteiger partial charge < -0.3 is 5.73 Å². The van der Waals surface area contributed by atoms with Crippen LogP contribution in [-0.4, -0.2) is 19.8 Å². The van der Waals surface area contributed by atoms with Gasteiger partial charge in [-0.15, -0.1) is 22.7 Å². The Morgan fingerprint density at radius 1 is 1.35 bits per heavy atom. The number of hydrogen-bond acceptors (Lipinski definition) is 5. The van der Waals surface area contributed by atoms with Crippen molar-refractivity contribution < 1.29 is 8.42 Å². The van der Waals surface area contributed by atoms with Gasteiger partial charge in [0.2, 0.25) is 10.0 Å². The smallest absolute Gasteiger partial charge is 0.244 e. The first-order valence-corrected chi connectivity index (χ1v) is 9.76. The Kier molecular flexibility index (Phi) is 5.04. The van der Waals surface area contributed by atoms with Crippen molar-refractivity contribution in [3.05, 3.63) is 36.6 Å². The SMILES string of the molecule is Cc1sc(CN)cc1S(=O)(=O)N(C)Cc1cc(Br)cs1. The Morgan fingerprint density at radius 2 is 2.05 bits per heavy atom. The Morgan fingerprint density at radius 3 is 2.55 bits per heavy atom. The number of rotatable bonds is 5. The Bertz CT molecular complexity index is 706. The quantitative estimate of drug-likeness (QED) is 0.846. The molecule has 0 aliphatic rings. The molecule has 2 heterocycles. The average molecular weight is 395 g/mol. The lowest BCUT2D eigenvalue weighted by Gasteiger charge is -2.16. The number of sulfonamides is 1. The highest BCUT2D eigenvalue weighted by Crippen LogP contribution is 2.29. The topological polar surface area (TPSA) is 63.4 Å². The van der Waals surface area contributed by atoms with E-state index in [9.17, 15) is 8.42 Å². The third-order valence-corrected chi connectivity index (χ3v) is 7.63. The van der Waals surface area contributed by atoms with Crippen molar-refractivity contribution in [2.75, 3.05) is 7.05 Å². The first kappa shape index (κ1) is 16.1. The van der Waals surface area contributed by atoms with Crippen LogP contribution in [0, 0.1) is 6.92 Å². The molecular formula is C12H15BrN2O2S3. The van der Waals surface area contributed by atoms with Gasteiger partial charge in [-0.2, -0.15) is 4.31 Å². The monoisotopic (exact) mass is 394 g/mol. The van der Waals surface area contributed by atoms with Crippen molar-refractivity contribution in [1.82, 2.24) is 4.31 Å². The molecule has 2 rings (SSSR count). The summed E-state index contributed by atoms with van der Waals surface area (Å²) in [6.45, 7) is 2.54. The first-order chi connectivity index (χ1) is 9.34. The molecule has 8 heteroatoms. The molecule has 0 saturated heterocycles. The van der Waals surface area contributed by atoms with E-state index in [-0.39, 0.29) is 0 Å². The number of nitrogens with two attached hydrogens (primary N) is 1. The van der Waals surface area contributed by atoms with Gasteiger partial charge in [0.05, 0.1) is 4.90 Å². The summed E-state index contributed by atoms with van der Waals surface area (Å²) in [6.07, 6.45) is 0. The molecule has 2 N–H and O–H groups in total. The van der Waals surface area contributed by atoms with Gasteiger partial charge in [-0.05, 0) is 35.0 Å². The summed E-state index contributed by atoms with van der Waals surface area (Å²) in [4.78, 5) is 3.02. The predicted octanol–water partition coefficient (Wildman–Crippen LogP) is 3.16. The molecule has 0 radical (unpaired) electrons. The minimum absolute atomic E-state index is 0.362. The summed E-state index contributed by atoms with van der Waals surface area (Å²) in [6, 6.07) is 3.61. The van der Waals surface area contributed by atoms with Crippen LogP contribution in [0.15, 0.2) is 26.9 Å². The molecule has 0 unspecified atom stereocenters. The number of nitrogens with zero attached hydrogens (tertiary/aromatic N) is 1. The maximum atomic E-state index is 12.6. The van der Waals surface area contributed by atoms with Gasteiger partial charge in [0.25, 0.3) is 0 Å². The van der Waals surface area contributed by atoms with Crippen LogP contribution in [0.5, 0.6) is 0 Å². The van der Waals surface area contributed by atoms with E-state index < -0.39 is 10.0 Å². The highest BCUT2D eigenvalue weighted by molar-refractivity contribution is 9.10. The second-order valence-electron chi connectivity index (χ2n) is 4.33. The van der Waals surface area contributed by atoms with Crippen molar-refractivity contribution >= 4 is 48.6 Å². The third kappa shape index (κ3) is 3.32. The molecule has 0 fully saturated rings. The molecule has 0 aromatic carbocycles. The van der Waals surface area contributed by atoms with Crippen LogP contribution in [0.4, 0.5) is 0 Å². The van der Waals surface area contributed by atoms with Crippen molar-refractivity contribution in [3.63, 3.8) is 0 Å².